The second-order valence-corrected chi connectivity index (χ2v) is 12.4. The molecule has 0 spiro atoms. The zero-order valence-corrected chi connectivity index (χ0v) is 26.1. The molecule has 0 aromatic heterocycles. The fourth-order valence-electron chi connectivity index (χ4n) is 5.77. The molecular formula is C35H74N2. The Morgan fingerprint density at radius 1 is 0.324 bits per heavy atom. The van der Waals surface area contributed by atoms with Gasteiger partial charge in [0.25, 0.3) is 0 Å². The van der Waals surface area contributed by atoms with E-state index in [1.807, 2.05) is 0 Å². The third kappa shape index (κ3) is 33.9. The fourth-order valence-corrected chi connectivity index (χ4v) is 5.77. The Hall–Kier alpha value is -0.0800. The largest absolute Gasteiger partial charge is 0.330 e. The third-order valence-corrected chi connectivity index (χ3v) is 8.46. The van der Waals surface area contributed by atoms with Crippen molar-refractivity contribution in [3.8, 4) is 0 Å². The molecule has 0 saturated carbocycles. The van der Waals surface area contributed by atoms with E-state index in [-0.39, 0.29) is 0 Å². The van der Waals surface area contributed by atoms with Crippen LogP contribution in [0.3, 0.4) is 0 Å². The third-order valence-electron chi connectivity index (χ3n) is 8.46. The van der Waals surface area contributed by atoms with Crippen molar-refractivity contribution in [1.29, 1.82) is 0 Å². The average Bonchev–Trinajstić information content (AvgIpc) is 2.90. The summed E-state index contributed by atoms with van der Waals surface area (Å²) in [6.07, 6.45) is 45.6. The summed E-state index contributed by atoms with van der Waals surface area (Å²) in [5.74, 6) is 0. The van der Waals surface area contributed by atoms with Gasteiger partial charge in [0.1, 0.15) is 0 Å². The standard InChI is InChI=1S/C35H74N2/c1-2-3-4-5-6-7-8-9-10-11-12-13-14-15-16-17-18-19-20-21-22-23-24-25-26-27-28-29-32-35(37)33-30-31-34-36/h35H,2-34,36-37H2,1H3. The van der Waals surface area contributed by atoms with Gasteiger partial charge in [0.15, 0.2) is 0 Å². The quantitative estimate of drug-likeness (QED) is 0.0842. The number of rotatable bonds is 33. The van der Waals surface area contributed by atoms with Crippen LogP contribution in [0, 0.1) is 0 Å². The second kappa shape index (κ2) is 33.9. The summed E-state index contributed by atoms with van der Waals surface area (Å²) in [6.45, 7) is 3.12. The van der Waals surface area contributed by atoms with Crippen molar-refractivity contribution in [3.05, 3.63) is 0 Å². The molecule has 0 bridgehead atoms. The van der Waals surface area contributed by atoms with Crippen molar-refractivity contribution in [1.82, 2.24) is 0 Å². The van der Waals surface area contributed by atoms with Gasteiger partial charge in [-0.1, -0.05) is 193 Å². The molecule has 0 rings (SSSR count). The van der Waals surface area contributed by atoms with Crippen molar-refractivity contribution >= 4 is 0 Å². The molecule has 0 aliphatic carbocycles. The van der Waals surface area contributed by atoms with Crippen LogP contribution < -0.4 is 11.5 Å². The first-order chi connectivity index (χ1) is 18.3. The van der Waals surface area contributed by atoms with E-state index in [9.17, 15) is 0 Å². The minimum atomic E-state index is 0.413. The van der Waals surface area contributed by atoms with Crippen LogP contribution >= 0.6 is 0 Å². The number of hydrogen-bond donors (Lipinski definition) is 2. The maximum atomic E-state index is 6.18. The lowest BCUT2D eigenvalue weighted by Gasteiger charge is -2.10. The number of hydrogen-bond acceptors (Lipinski definition) is 2. The fraction of sp³-hybridized carbons (Fsp3) is 1.00. The molecule has 0 radical (unpaired) electrons. The van der Waals surface area contributed by atoms with Gasteiger partial charge in [0.05, 0.1) is 0 Å². The molecule has 0 aromatic rings. The Kier molecular flexibility index (Phi) is 33.9. The maximum Gasteiger partial charge on any atom is 0.00388 e. The van der Waals surface area contributed by atoms with Crippen LogP contribution in [0.5, 0.6) is 0 Å². The van der Waals surface area contributed by atoms with Crippen molar-refractivity contribution in [3.63, 3.8) is 0 Å². The van der Waals surface area contributed by atoms with Gasteiger partial charge in [-0.05, 0) is 25.8 Å². The van der Waals surface area contributed by atoms with Crippen LogP contribution in [0.25, 0.3) is 0 Å². The van der Waals surface area contributed by atoms with Gasteiger partial charge in [0, 0.05) is 6.04 Å². The molecule has 1 unspecified atom stereocenters. The summed E-state index contributed by atoms with van der Waals surface area (Å²) in [7, 11) is 0. The van der Waals surface area contributed by atoms with Crippen LogP contribution in [0.1, 0.15) is 212 Å². The molecular weight excluding hydrogens is 448 g/mol. The predicted molar refractivity (Wildman–Crippen MR) is 170 cm³/mol. The lowest BCUT2D eigenvalue weighted by atomic mass is 10.0. The van der Waals surface area contributed by atoms with E-state index in [1.165, 1.54) is 193 Å². The highest BCUT2D eigenvalue weighted by molar-refractivity contribution is 4.62. The van der Waals surface area contributed by atoms with E-state index in [0.717, 1.165) is 19.4 Å². The lowest BCUT2D eigenvalue weighted by Crippen LogP contribution is -2.19. The molecule has 0 aliphatic rings. The molecule has 4 N–H and O–H groups in total. The van der Waals surface area contributed by atoms with Crippen LogP contribution in [0.4, 0.5) is 0 Å². The smallest absolute Gasteiger partial charge is 0.00388 e. The van der Waals surface area contributed by atoms with Crippen LogP contribution in [0.2, 0.25) is 0 Å². The van der Waals surface area contributed by atoms with Crippen molar-refractivity contribution in [2.75, 3.05) is 6.54 Å². The SMILES string of the molecule is CCCCCCCCCCCCCCCCCCCCCCCCCCCCCCC(N)CCCCN. The van der Waals surface area contributed by atoms with E-state index in [1.54, 1.807) is 0 Å². The summed E-state index contributed by atoms with van der Waals surface area (Å²) < 4.78 is 0. The van der Waals surface area contributed by atoms with Gasteiger partial charge in [-0.25, -0.2) is 0 Å². The molecule has 224 valence electrons. The van der Waals surface area contributed by atoms with E-state index in [0.29, 0.717) is 6.04 Å². The van der Waals surface area contributed by atoms with E-state index in [4.69, 9.17) is 11.5 Å². The Morgan fingerprint density at radius 2 is 0.541 bits per heavy atom. The molecule has 0 heterocycles. The van der Waals surface area contributed by atoms with Gasteiger partial charge in [-0.3, -0.25) is 0 Å². The molecule has 1 atom stereocenters. The van der Waals surface area contributed by atoms with Crippen LogP contribution in [-0.4, -0.2) is 12.6 Å². The normalized spacial score (nSPS) is 12.4. The highest BCUT2D eigenvalue weighted by Crippen LogP contribution is 2.16. The van der Waals surface area contributed by atoms with Gasteiger partial charge in [-0.2, -0.15) is 0 Å². The molecule has 2 heteroatoms. The Labute approximate surface area is 236 Å². The molecule has 0 fully saturated rings. The summed E-state index contributed by atoms with van der Waals surface area (Å²) in [5, 5.41) is 0. The van der Waals surface area contributed by atoms with E-state index < -0.39 is 0 Å². The monoisotopic (exact) mass is 523 g/mol. The summed E-state index contributed by atoms with van der Waals surface area (Å²) in [5.41, 5.74) is 11.7. The highest BCUT2D eigenvalue weighted by atomic mass is 14.6. The zero-order valence-electron chi connectivity index (χ0n) is 26.1. The summed E-state index contributed by atoms with van der Waals surface area (Å²) >= 11 is 0. The van der Waals surface area contributed by atoms with Gasteiger partial charge < -0.3 is 11.5 Å². The second-order valence-electron chi connectivity index (χ2n) is 12.4. The average molecular weight is 523 g/mol. The Bertz CT molecular complexity index is 383. The Morgan fingerprint density at radius 3 is 0.784 bits per heavy atom. The molecule has 2 nitrogen and oxygen atoms in total. The van der Waals surface area contributed by atoms with Crippen LogP contribution in [-0.2, 0) is 0 Å². The molecule has 0 aliphatic heterocycles. The zero-order chi connectivity index (χ0) is 26.9. The van der Waals surface area contributed by atoms with Crippen LogP contribution in [0.15, 0.2) is 0 Å². The van der Waals surface area contributed by atoms with Gasteiger partial charge in [0.2, 0.25) is 0 Å². The van der Waals surface area contributed by atoms with Crippen molar-refractivity contribution in [2.45, 2.75) is 218 Å². The van der Waals surface area contributed by atoms with Crippen molar-refractivity contribution in [2.24, 2.45) is 11.5 Å². The molecule has 0 saturated heterocycles. The molecule has 37 heavy (non-hydrogen) atoms. The molecule has 0 aromatic carbocycles. The van der Waals surface area contributed by atoms with Gasteiger partial charge in [-0.15, -0.1) is 0 Å². The van der Waals surface area contributed by atoms with Gasteiger partial charge >= 0.3 is 0 Å². The minimum Gasteiger partial charge on any atom is -0.330 e. The highest BCUT2D eigenvalue weighted by Gasteiger charge is 2.02. The predicted octanol–water partition coefficient (Wildman–Crippen LogP) is 11.8. The topological polar surface area (TPSA) is 52.0 Å². The lowest BCUT2D eigenvalue weighted by molar-refractivity contribution is 0.489. The first-order valence-electron chi connectivity index (χ1n) is 17.8. The molecule has 0 amide bonds. The van der Waals surface area contributed by atoms with E-state index in [2.05, 4.69) is 6.92 Å². The first-order valence-corrected chi connectivity index (χ1v) is 17.8. The van der Waals surface area contributed by atoms with E-state index >= 15 is 0 Å². The minimum absolute atomic E-state index is 0.413. The summed E-state index contributed by atoms with van der Waals surface area (Å²) in [6, 6.07) is 0.413. The Balaban J connectivity index is 3.05. The summed E-state index contributed by atoms with van der Waals surface area (Å²) in [4.78, 5) is 0. The first kappa shape index (κ1) is 36.9. The maximum absolute atomic E-state index is 6.18. The number of unbranched alkanes of at least 4 members (excludes halogenated alkanes) is 28. The number of nitrogens with two attached hydrogens (primary N) is 2. The van der Waals surface area contributed by atoms with Crippen molar-refractivity contribution < 1.29 is 0 Å².